The molecule has 152 valence electrons. The summed E-state index contributed by atoms with van der Waals surface area (Å²) in [6.07, 6.45) is 4.42. The normalized spacial score (nSPS) is 21.7. The Kier molecular flexibility index (Phi) is 5.17. The SMILES string of the molecule is O=C1CCC(N2C(=O)c3cccc(CCCNC(=O)C4CCC4)c3C2=O)C(=O)N1. The zero-order chi connectivity index (χ0) is 20.5. The van der Waals surface area contributed by atoms with Crippen molar-refractivity contribution in [2.75, 3.05) is 6.54 Å². The molecule has 0 bridgehead atoms. The highest BCUT2D eigenvalue weighted by Gasteiger charge is 2.45. The first-order chi connectivity index (χ1) is 14.0. The van der Waals surface area contributed by atoms with Crippen molar-refractivity contribution in [3.05, 3.63) is 34.9 Å². The fraction of sp³-hybridized carbons (Fsp3) is 0.476. The van der Waals surface area contributed by atoms with E-state index in [1.165, 1.54) is 0 Å². The van der Waals surface area contributed by atoms with E-state index in [0.29, 0.717) is 24.9 Å². The highest BCUT2D eigenvalue weighted by molar-refractivity contribution is 6.24. The molecule has 0 radical (unpaired) electrons. The Labute approximate surface area is 168 Å². The first kappa shape index (κ1) is 19.3. The van der Waals surface area contributed by atoms with Crippen LogP contribution in [0, 0.1) is 5.92 Å². The monoisotopic (exact) mass is 397 g/mol. The fourth-order valence-corrected chi connectivity index (χ4v) is 4.10. The number of hydrogen-bond acceptors (Lipinski definition) is 5. The minimum atomic E-state index is -0.963. The van der Waals surface area contributed by atoms with E-state index in [9.17, 15) is 24.0 Å². The lowest BCUT2D eigenvalue weighted by molar-refractivity contribution is -0.136. The van der Waals surface area contributed by atoms with Crippen LogP contribution in [0.1, 0.15) is 64.8 Å². The maximum Gasteiger partial charge on any atom is 0.262 e. The van der Waals surface area contributed by atoms with Crippen molar-refractivity contribution in [3.8, 4) is 0 Å². The molecule has 1 atom stereocenters. The number of aryl methyl sites for hydroxylation is 1. The first-order valence-electron chi connectivity index (χ1n) is 10.1. The average molecular weight is 397 g/mol. The Morgan fingerprint density at radius 1 is 1.10 bits per heavy atom. The number of benzene rings is 1. The molecule has 1 saturated carbocycles. The van der Waals surface area contributed by atoms with Gasteiger partial charge in [0.15, 0.2) is 0 Å². The summed E-state index contributed by atoms with van der Waals surface area (Å²) >= 11 is 0. The van der Waals surface area contributed by atoms with Crippen molar-refractivity contribution in [3.63, 3.8) is 0 Å². The zero-order valence-electron chi connectivity index (χ0n) is 16.0. The molecule has 1 aromatic carbocycles. The Balaban J connectivity index is 1.44. The number of carbonyl (C=O) groups excluding carboxylic acids is 5. The van der Waals surface area contributed by atoms with Gasteiger partial charge in [-0.15, -0.1) is 0 Å². The second kappa shape index (κ2) is 7.77. The zero-order valence-corrected chi connectivity index (χ0v) is 16.0. The maximum atomic E-state index is 13.0. The molecule has 8 heteroatoms. The van der Waals surface area contributed by atoms with E-state index in [4.69, 9.17) is 0 Å². The lowest BCUT2D eigenvalue weighted by Gasteiger charge is -2.27. The van der Waals surface area contributed by atoms with E-state index in [2.05, 4.69) is 10.6 Å². The van der Waals surface area contributed by atoms with Gasteiger partial charge in [-0.25, -0.2) is 0 Å². The Morgan fingerprint density at radius 3 is 2.59 bits per heavy atom. The number of rotatable bonds is 6. The number of nitrogens with zero attached hydrogens (tertiary/aromatic N) is 1. The van der Waals surface area contributed by atoms with Gasteiger partial charge in [-0.05, 0) is 43.7 Å². The van der Waals surface area contributed by atoms with Gasteiger partial charge >= 0.3 is 0 Å². The molecule has 3 aliphatic rings. The van der Waals surface area contributed by atoms with Gasteiger partial charge in [0.2, 0.25) is 17.7 Å². The van der Waals surface area contributed by atoms with Gasteiger partial charge in [0, 0.05) is 18.9 Å². The average Bonchev–Trinajstić information content (AvgIpc) is 2.89. The minimum absolute atomic E-state index is 0.0878. The molecule has 1 aromatic rings. The Hall–Kier alpha value is -3.03. The maximum absolute atomic E-state index is 13.0. The van der Waals surface area contributed by atoms with Crippen LogP contribution < -0.4 is 10.6 Å². The van der Waals surface area contributed by atoms with E-state index in [0.717, 1.165) is 29.7 Å². The Bertz CT molecular complexity index is 906. The van der Waals surface area contributed by atoms with Gasteiger partial charge < -0.3 is 5.32 Å². The van der Waals surface area contributed by atoms with E-state index < -0.39 is 29.7 Å². The van der Waals surface area contributed by atoms with Crippen LogP contribution in [-0.4, -0.2) is 47.0 Å². The smallest absolute Gasteiger partial charge is 0.262 e. The van der Waals surface area contributed by atoms with Gasteiger partial charge in [0.05, 0.1) is 11.1 Å². The molecule has 4 rings (SSSR count). The number of imide groups is 2. The summed E-state index contributed by atoms with van der Waals surface area (Å²) in [7, 11) is 0. The number of amides is 5. The van der Waals surface area contributed by atoms with Gasteiger partial charge in [0.1, 0.15) is 6.04 Å². The van der Waals surface area contributed by atoms with Crippen molar-refractivity contribution in [2.45, 2.75) is 51.0 Å². The van der Waals surface area contributed by atoms with Crippen molar-refractivity contribution in [2.24, 2.45) is 5.92 Å². The number of fused-ring (bicyclic) bond motifs is 1. The molecule has 2 heterocycles. The highest BCUT2D eigenvalue weighted by Crippen LogP contribution is 2.30. The molecule has 8 nitrogen and oxygen atoms in total. The summed E-state index contributed by atoms with van der Waals surface area (Å²) in [5.41, 5.74) is 1.34. The fourth-order valence-electron chi connectivity index (χ4n) is 4.10. The summed E-state index contributed by atoms with van der Waals surface area (Å²) in [5, 5.41) is 5.12. The number of piperidine rings is 1. The molecule has 1 unspecified atom stereocenters. The molecule has 2 N–H and O–H groups in total. The Morgan fingerprint density at radius 2 is 1.90 bits per heavy atom. The predicted molar refractivity (Wildman–Crippen MR) is 102 cm³/mol. The molecule has 29 heavy (non-hydrogen) atoms. The molecule has 0 aromatic heterocycles. The number of hydrogen-bond donors (Lipinski definition) is 2. The van der Waals surface area contributed by atoms with Crippen molar-refractivity contribution in [1.29, 1.82) is 0 Å². The van der Waals surface area contributed by atoms with Crippen molar-refractivity contribution >= 4 is 29.5 Å². The third-order valence-electron chi connectivity index (χ3n) is 5.95. The summed E-state index contributed by atoms with van der Waals surface area (Å²) in [6, 6.07) is 4.14. The molecular formula is C21H23N3O5. The van der Waals surface area contributed by atoms with Gasteiger partial charge in [-0.3, -0.25) is 34.2 Å². The largest absolute Gasteiger partial charge is 0.356 e. The summed E-state index contributed by atoms with van der Waals surface area (Å²) in [5.74, 6) is -1.78. The van der Waals surface area contributed by atoms with Crippen LogP contribution in [-0.2, 0) is 20.8 Å². The summed E-state index contributed by atoms with van der Waals surface area (Å²) in [4.78, 5) is 62.2. The molecular weight excluding hydrogens is 374 g/mol. The quantitative estimate of drug-likeness (QED) is 0.548. The first-order valence-corrected chi connectivity index (χ1v) is 10.1. The van der Waals surface area contributed by atoms with E-state index in [1.54, 1.807) is 18.2 Å². The standard InChI is InChI=1S/C21H23N3O5/c25-16-10-9-15(19(27)23-16)24-20(28)14-8-2-4-12(17(14)21(24)29)7-3-11-22-18(26)13-5-1-6-13/h2,4,8,13,15H,1,3,5-7,9-11H2,(H,22,26)(H,23,25,27). The van der Waals surface area contributed by atoms with Gasteiger partial charge in [0.25, 0.3) is 11.8 Å². The van der Waals surface area contributed by atoms with Crippen LogP contribution in [0.5, 0.6) is 0 Å². The molecule has 0 spiro atoms. The van der Waals surface area contributed by atoms with Crippen molar-refractivity contribution < 1.29 is 24.0 Å². The molecule has 5 amide bonds. The van der Waals surface area contributed by atoms with Crippen LogP contribution >= 0.6 is 0 Å². The lowest BCUT2D eigenvalue weighted by atomic mass is 9.85. The number of carbonyl (C=O) groups is 5. The molecule has 1 aliphatic carbocycles. The predicted octanol–water partition coefficient (Wildman–Crippen LogP) is 0.937. The summed E-state index contributed by atoms with van der Waals surface area (Å²) in [6.45, 7) is 0.512. The molecule has 2 fully saturated rings. The lowest BCUT2D eigenvalue weighted by Crippen LogP contribution is -2.54. The molecule has 2 aliphatic heterocycles. The third kappa shape index (κ3) is 3.54. The van der Waals surface area contributed by atoms with Crippen molar-refractivity contribution in [1.82, 2.24) is 15.5 Å². The van der Waals surface area contributed by atoms with Crippen LogP contribution in [0.4, 0.5) is 0 Å². The third-order valence-corrected chi connectivity index (χ3v) is 5.95. The summed E-state index contributed by atoms with van der Waals surface area (Å²) < 4.78 is 0. The van der Waals surface area contributed by atoms with Crippen LogP contribution in [0.2, 0.25) is 0 Å². The van der Waals surface area contributed by atoms with Gasteiger partial charge in [-0.2, -0.15) is 0 Å². The van der Waals surface area contributed by atoms with Crippen LogP contribution in [0.3, 0.4) is 0 Å². The molecule has 1 saturated heterocycles. The number of nitrogens with one attached hydrogen (secondary N) is 2. The second-order valence-electron chi connectivity index (χ2n) is 7.81. The highest BCUT2D eigenvalue weighted by atomic mass is 16.2. The van der Waals surface area contributed by atoms with Crippen LogP contribution in [0.25, 0.3) is 0 Å². The second-order valence-corrected chi connectivity index (χ2v) is 7.81. The topological polar surface area (TPSA) is 113 Å². The van der Waals surface area contributed by atoms with E-state index in [1.807, 2.05) is 0 Å². The minimum Gasteiger partial charge on any atom is -0.356 e. The van der Waals surface area contributed by atoms with Gasteiger partial charge in [-0.1, -0.05) is 18.6 Å². The van der Waals surface area contributed by atoms with E-state index >= 15 is 0 Å². The van der Waals surface area contributed by atoms with Crippen LogP contribution in [0.15, 0.2) is 18.2 Å². The van der Waals surface area contributed by atoms with E-state index in [-0.39, 0.29) is 30.2 Å².